The summed E-state index contributed by atoms with van der Waals surface area (Å²) in [4.78, 5) is 11.7. The van der Waals surface area contributed by atoms with Crippen molar-refractivity contribution in [1.82, 2.24) is 5.16 Å². The Morgan fingerprint density at radius 3 is 2.37 bits per heavy atom. The predicted molar refractivity (Wildman–Crippen MR) is 148 cm³/mol. The van der Waals surface area contributed by atoms with E-state index in [0.29, 0.717) is 55.4 Å². The highest BCUT2D eigenvalue weighted by Crippen LogP contribution is 2.56. The van der Waals surface area contributed by atoms with Gasteiger partial charge in [0.05, 0.1) is 28.3 Å². The van der Waals surface area contributed by atoms with E-state index in [1.807, 2.05) is 30.3 Å². The second-order valence-corrected chi connectivity index (χ2v) is 11.0. The maximum Gasteiger partial charge on any atom is 0.337 e. The van der Waals surface area contributed by atoms with Gasteiger partial charge in [0.25, 0.3) is 0 Å². The van der Waals surface area contributed by atoms with Crippen LogP contribution in [0.4, 0.5) is 0 Å². The van der Waals surface area contributed by atoms with E-state index in [1.54, 1.807) is 30.3 Å². The molecule has 2 unspecified atom stereocenters. The van der Waals surface area contributed by atoms with Gasteiger partial charge >= 0.3 is 5.97 Å². The van der Waals surface area contributed by atoms with Crippen LogP contribution in [0, 0.1) is 0 Å². The van der Waals surface area contributed by atoms with Crippen molar-refractivity contribution in [2.75, 3.05) is 7.11 Å². The zero-order chi connectivity index (χ0) is 26.4. The Morgan fingerprint density at radius 2 is 1.71 bits per heavy atom. The molecule has 0 bridgehead atoms. The Hall–Kier alpha value is -2.99. The molecule has 0 amide bonds. The van der Waals surface area contributed by atoms with Gasteiger partial charge in [-0.15, -0.1) is 0 Å². The van der Waals surface area contributed by atoms with Crippen molar-refractivity contribution in [3.8, 4) is 17.0 Å². The van der Waals surface area contributed by atoms with Crippen molar-refractivity contribution in [3.63, 3.8) is 0 Å². The topological polar surface area (TPSA) is 61.6 Å². The van der Waals surface area contributed by atoms with E-state index >= 15 is 0 Å². The minimum Gasteiger partial charge on any atom is -0.489 e. The molecule has 3 aromatic carbocycles. The predicted octanol–water partition coefficient (Wildman–Crippen LogP) is 8.82. The van der Waals surface area contributed by atoms with Crippen LogP contribution in [0.5, 0.6) is 5.75 Å². The first-order valence-electron chi connectivity index (χ1n) is 12.5. The number of methoxy groups -OCH3 is 1. The van der Waals surface area contributed by atoms with Gasteiger partial charge in [-0.1, -0.05) is 64.2 Å². The van der Waals surface area contributed by atoms with Gasteiger partial charge in [-0.3, -0.25) is 0 Å². The van der Waals surface area contributed by atoms with Gasteiger partial charge in [0.15, 0.2) is 0 Å². The minimum atomic E-state index is -0.333. The van der Waals surface area contributed by atoms with Gasteiger partial charge in [-0.2, -0.15) is 0 Å². The Morgan fingerprint density at radius 1 is 0.974 bits per heavy atom. The van der Waals surface area contributed by atoms with E-state index in [0.717, 1.165) is 36.1 Å². The summed E-state index contributed by atoms with van der Waals surface area (Å²) >= 11 is 19.7. The molecule has 1 heterocycles. The zero-order valence-corrected chi connectivity index (χ0v) is 22.8. The highest BCUT2D eigenvalue weighted by atomic mass is 35.5. The molecule has 38 heavy (non-hydrogen) atoms. The van der Waals surface area contributed by atoms with Crippen LogP contribution >= 0.6 is 34.8 Å². The summed E-state index contributed by atoms with van der Waals surface area (Å²) in [6.45, 7) is 0.264. The minimum absolute atomic E-state index is 0.264. The number of carbonyl (C=O) groups is 1. The second-order valence-electron chi connectivity index (χ2n) is 9.78. The van der Waals surface area contributed by atoms with Gasteiger partial charge in [0.1, 0.15) is 23.8 Å². The van der Waals surface area contributed by atoms with Crippen molar-refractivity contribution in [1.29, 1.82) is 0 Å². The number of benzene rings is 3. The zero-order valence-electron chi connectivity index (χ0n) is 20.5. The fraction of sp³-hybridized carbons (Fsp3) is 0.267. The largest absolute Gasteiger partial charge is 0.489 e. The van der Waals surface area contributed by atoms with Gasteiger partial charge in [-0.25, -0.2) is 4.79 Å². The number of esters is 1. The molecule has 2 atom stereocenters. The first-order valence-corrected chi connectivity index (χ1v) is 13.6. The fourth-order valence-corrected chi connectivity index (χ4v) is 5.88. The third kappa shape index (κ3) is 4.91. The van der Waals surface area contributed by atoms with Gasteiger partial charge < -0.3 is 14.0 Å². The second kappa shape index (κ2) is 10.3. The van der Waals surface area contributed by atoms with E-state index in [-0.39, 0.29) is 12.6 Å². The SMILES string of the molecule is COC(=O)c1ccc(C2CC2c2ccc(OCc3c(-c4c(Cl)cccc4Cl)noc3C3CC3)cc2Cl)cc1. The Kier molecular flexibility index (Phi) is 6.85. The van der Waals surface area contributed by atoms with Gasteiger partial charge in [-0.05, 0) is 78.6 Å². The number of carbonyl (C=O) groups excluding carboxylic acids is 1. The van der Waals surface area contributed by atoms with Crippen molar-refractivity contribution in [2.24, 2.45) is 0 Å². The molecule has 2 fully saturated rings. The molecule has 0 radical (unpaired) electrons. The third-order valence-electron chi connectivity index (χ3n) is 7.27. The van der Waals surface area contributed by atoms with Crippen LogP contribution in [0.1, 0.15) is 69.8 Å². The van der Waals surface area contributed by atoms with Gasteiger partial charge in [0, 0.05) is 16.5 Å². The molecule has 5 nitrogen and oxygen atoms in total. The van der Waals surface area contributed by atoms with Crippen LogP contribution in [0.2, 0.25) is 15.1 Å². The molecular formula is C30H24Cl3NO4. The molecule has 2 aliphatic rings. The molecule has 0 spiro atoms. The average Bonchev–Trinajstić information content (AvgIpc) is 3.85. The molecule has 0 aliphatic heterocycles. The van der Waals surface area contributed by atoms with Crippen LogP contribution in [0.15, 0.2) is 65.2 Å². The lowest BCUT2D eigenvalue weighted by molar-refractivity contribution is 0.0600. The maximum absolute atomic E-state index is 11.7. The Bertz CT molecular complexity index is 1490. The quantitative estimate of drug-likeness (QED) is 0.199. The lowest BCUT2D eigenvalue weighted by atomic mass is 10.0. The molecule has 2 saturated carbocycles. The summed E-state index contributed by atoms with van der Waals surface area (Å²) in [5.74, 6) is 2.20. The van der Waals surface area contributed by atoms with Crippen LogP contribution in [0.3, 0.4) is 0 Å². The van der Waals surface area contributed by atoms with Crippen LogP contribution in [-0.4, -0.2) is 18.2 Å². The molecule has 6 rings (SSSR count). The number of aromatic nitrogens is 1. The number of hydrogen-bond acceptors (Lipinski definition) is 5. The number of nitrogens with zero attached hydrogens (tertiary/aromatic N) is 1. The van der Waals surface area contributed by atoms with Crippen molar-refractivity contribution in [2.45, 2.75) is 43.6 Å². The molecule has 0 saturated heterocycles. The molecular weight excluding hydrogens is 545 g/mol. The monoisotopic (exact) mass is 567 g/mol. The van der Waals surface area contributed by atoms with Gasteiger partial charge in [0.2, 0.25) is 0 Å². The number of rotatable bonds is 8. The maximum atomic E-state index is 11.7. The van der Waals surface area contributed by atoms with E-state index in [4.69, 9.17) is 48.8 Å². The van der Waals surface area contributed by atoms with E-state index in [2.05, 4.69) is 5.16 Å². The first-order chi connectivity index (χ1) is 18.4. The highest BCUT2D eigenvalue weighted by Gasteiger charge is 2.40. The van der Waals surface area contributed by atoms with E-state index in [9.17, 15) is 4.79 Å². The molecule has 4 aromatic rings. The Balaban J connectivity index is 1.18. The third-order valence-corrected chi connectivity index (χ3v) is 8.23. The van der Waals surface area contributed by atoms with E-state index < -0.39 is 0 Å². The summed E-state index contributed by atoms with van der Waals surface area (Å²) in [6.07, 6.45) is 3.13. The van der Waals surface area contributed by atoms with Crippen LogP contribution in [-0.2, 0) is 11.3 Å². The van der Waals surface area contributed by atoms with Crippen molar-refractivity contribution in [3.05, 3.63) is 104 Å². The molecule has 194 valence electrons. The summed E-state index contributed by atoms with van der Waals surface area (Å²) < 4.78 is 16.7. The lowest BCUT2D eigenvalue weighted by Gasteiger charge is -2.11. The average molecular weight is 569 g/mol. The number of hydrogen-bond donors (Lipinski definition) is 0. The van der Waals surface area contributed by atoms with Crippen LogP contribution < -0.4 is 4.74 Å². The lowest BCUT2D eigenvalue weighted by Crippen LogP contribution is -2.01. The number of halogens is 3. The first kappa shape index (κ1) is 25.3. The molecule has 8 heteroatoms. The molecule has 0 N–H and O–H groups in total. The normalized spacial score (nSPS) is 18.3. The fourth-order valence-electron chi connectivity index (χ4n) is 4.99. The van der Waals surface area contributed by atoms with Crippen molar-refractivity contribution >= 4 is 40.8 Å². The van der Waals surface area contributed by atoms with E-state index in [1.165, 1.54) is 12.7 Å². The van der Waals surface area contributed by atoms with Crippen LogP contribution in [0.25, 0.3) is 11.3 Å². The summed E-state index contributed by atoms with van der Waals surface area (Å²) in [7, 11) is 1.38. The standard InChI is InChI=1S/C30H24Cl3NO4/c1-36-30(35)18-9-5-16(6-10-18)21-14-22(21)20-12-11-19(13-26(20)33)37-15-23-28(34-38-29(23)17-7-8-17)27-24(31)3-2-4-25(27)32/h2-6,9-13,17,21-22H,7-8,14-15H2,1H3. The Labute approximate surface area is 235 Å². The smallest absolute Gasteiger partial charge is 0.337 e. The number of ether oxygens (including phenoxy) is 2. The highest BCUT2D eigenvalue weighted by molar-refractivity contribution is 6.39. The summed E-state index contributed by atoms with van der Waals surface area (Å²) in [5, 5.41) is 6.02. The summed E-state index contributed by atoms with van der Waals surface area (Å²) in [6, 6.07) is 18.8. The molecule has 2 aliphatic carbocycles. The van der Waals surface area contributed by atoms with Crippen molar-refractivity contribution < 1.29 is 18.8 Å². The summed E-state index contributed by atoms with van der Waals surface area (Å²) in [5.41, 5.74) is 4.95. The molecule has 1 aromatic heterocycles.